The average molecular weight is 313 g/mol. The molecule has 6 nitrogen and oxygen atoms in total. The van der Waals surface area contributed by atoms with Gasteiger partial charge in [0.15, 0.2) is 18.1 Å². The fourth-order valence-corrected chi connectivity index (χ4v) is 2.24. The van der Waals surface area contributed by atoms with Crippen LogP contribution in [0, 0.1) is 0 Å². The van der Waals surface area contributed by atoms with Crippen molar-refractivity contribution in [1.82, 2.24) is 15.3 Å². The monoisotopic (exact) mass is 313 g/mol. The Morgan fingerprint density at radius 2 is 2.04 bits per heavy atom. The van der Waals surface area contributed by atoms with Gasteiger partial charge in [0, 0.05) is 11.6 Å². The van der Waals surface area contributed by atoms with Gasteiger partial charge in [-0.15, -0.1) is 0 Å². The van der Waals surface area contributed by atoms with E-state index in [9.17, 15) is 4.79 Å². The van der Waals surface area contributed by atoms with Crippen LogP contribution < -0.4 is 14.8 Å². The van der Waals surface area contributed by atoms with E-state index < -0.39 is 0 Å². The van der Waals surface area contributed by atoms with Gasteiger partial charge in [0.05, 0.1) is 19.3 Å². The maximum atomic E-state index is 11.9. The van der Waals surface area contributed by atoms with Crippen LogP contribution >= 0.6 is 0 Å². The summed E-state index contributed by atoms with van der Waals surface area (Å²) in [6, 6.07) is 9.18. The zero-order valence-electron chi connectivity index (χ0n) is 13.0. The highest BCUT2D eigenvalue weighted by atomic mass is 16.5. The molecule has 1 aliphatic rings. The summed E-state index contributed by atoms with van der Waals surface area (Å²) in [6.45, 7) is 0.303. The molecule has 0 radical (unpaired) electrons. The Balaban J connectivity index is 1.49. The Morgan fingerprint density at radius 3 is 2.78 bits per heavy atom. The number of hydrogen-bond acceptors (Lipinski definition) is 5. The van der Waals surface area contributed by atoms with E-state index in [-0.39, 0.29) is 12.5 Å². The number of carbonyl (C=O) groups excluding carboxylic acids is 1. The van der Waals surface area contributed by atoms with E-state index in [4.69, 9.17) is 9.47 Å². The molecule has 0 saturated heterocycles. The van der Waals surface area contributed by atoms with Gasteiger partial charge < -0.3 is 14.8 Å². The van der Waals surface area contributed by atoms with Gasteiger partial charge in [-0.2, -0.15) is 0 Å². The van der Waals surface area contributed by atoms with Crippen molar-refractivity contribution < 1.29 is 14.3 Å². The minimum atomic E-state index is -0.206. The maximum Gasteiger partial charge on any atom is 0.258 e. The van der Waals surface area contributed by atoms with Gasteiger partial charge in [0.1, 0.15) is 6.33 Å². The normalized spacial score (nSPS) is 13.4. The van der Waals surface area contributed by atoms with Crippen LogP contribution in [0.2, 0.25) is 0 Å². The van der Waals surface area contributed by atoms with Crippen LogP contribution in [0.15, 0.2) is 36.7 Å². The molecule has 1 aromatic heterocycles. The van der Waals surface area contributed by atoms with Crippen molar-refractivity contribution in [2.75, 3.05) is 13.7 Å². The lowest BCUT2D eigenvalue weighted by atomic mass is 10.2. The second-order valence-corrected chi connectivity index (χ2v) is 5.42. The fraction of sp³-hybridized carbons (Fsp3) is 0.353. The van der Waals surface area contributed by atoms with E-state index in [2.05, 4.69) is 15.3 Å². The molecule has 0 spiro atoms. The number of methoxy groups -OCH3 is 1. The highest BCUT2D eigenvalue weighted by molar-refractivity contribution is 5.77. The number of nitrogens with one attached hydrogen (secondary N) is 1. The molecule has 6 heteroatoms. The third kappa shape index (κ3) is 4.18. The molecule has 0 bridgehead atoms. The zero-order valence-corrected chi connectivity index (χ0v) is 13.0. The molecule has 0 aliphatic heterocycles. The van der Waals surface area contributed by atoms with Gasteiger partial charge in [-0.25, -0.2) is 9.97 Å². The average Bonchev–Trinajstić information content (AvgIpc) is 3.44. The van der Waals surface area contributed by atoms with Gasteiger partial charge in [-0.3, -0.25) is 4.79 Å². The summed E-state index contributed by atoms with van der Waals surface area (Å²) in [7, 11) is 1.56. The summed E-state index contributed by atoms with van der Waals surface area (Å²) >= 11 is 0. The van der Waals surface area contributed by atoms with Crippen molar-refractivity contribution in [3.05, 3.63) is 48.0 Å². The van der Waals surface area contributed by atoms with Crippen LogP contribution in [0.1, 0.15) is 30.1 Å². The molecule has 1 aliphatic carbocycles. The number of para-hydroxylation sites is 2. The van der Waals surface area contributed by atoms with Crippen LogP contribution in [-0.4, -0.2) is 29.6 Å². The smallest absolute Gasteiger partial charge is 0.258 e. The highest BCUT2D eigenvalue weighted by Crippen LogP contribution is 2.38. The number of rotatable bonds is 7. The van der Waals surface area contributed by atoms with E-state index in [1.165, 1.54) is 12.8 Å². The van der Waals surface area contributed by atoms with Crippen molar-refractivity contribution in [1.29, 1.82) is 0 Å². The van der Waals surface area contributed by atoms with Gasteiger partial charge in [-0.05, 0) is 31.0 Å². The molecular formula is C17H19N3O3. The minimum absolute atomic E-state index is 0.0685. The van der Waals surface area contributed by atoms with Crippen LogP contribution in [0.5, 0.6) is 11.5 Å². The van der Waals surface area contributed by atoms with Crippen LogP contribution in [0.25, 0.3) is 0 Å². The number of benzene rings is 1. The number of ether oxygens (including phenoxy) is 2. The first kappa shape index (κ1) is 15.3. The molecule has 1 amide bonds. The Bertz CT molecular complexity index is 686. The van der Waals surface area contributed by atoms with Gasteiger partial charge in [0.25, 0.3) is 5.91 Å². The Hall–Kier alpha value is -2.63. The van der Waals surface area contributed by atoms with E-state index in [0.717, 1.165) is 11.4 Å². The predicted molar refractivity (Wildman–Crippen MR) is 84.3 cm³/mol. The minimum Gasteiger partial charge on any atom is -0.493 e. The first-order chi connectivity index (χ1) is 11.3. The lowest BCUT2D eigenvalue weighted by Gasteiger charge is -2.10. The molecule has 1 N–H and O–H groups in total. The van der Waals surface area contributed by atoms with Gasteiger partial charge in [-0.1, -0.05) is 12.1 Å². The van der Waals surface area contributed by atoms with E-state index in [1.54, 1.807) is 25.6 Å². The maximum absolute atomic E-state index is 11.9. The van der Waals surface area contributed by atoms with E-state index in [0.29, 0.717) is 24.0 Å². The number of carbonyl (C=O) groups is 1. The van der Waals surface area contributed by atoms with Crippen molar-refractivity contribution >= 4 is 5.91 Å². The summed E-state index contributed by atoms with van der Waals surface area (Å²) in [5, 5.41) is 2.80. The van der Waals surface area contributed by atoms with Crippen molar-refractivity contribution in [2.24, 2.45) is 0 Å². The van der Waals surface area contributed by atoms with E-state index in [1.807, 2.05) is 18.2 Å². The summed E-state index contributed by atoms with van der Waals surface area (Å²) in [6.07, 6.45) is 3.94. The quantitative estimate of drug-likeness (QED) is 0.847. The third-order valence-corrected chi connectivity index (χ3v) is 3.64. The first-order valence-electron chi connectivity index (χ1n) is 7.59. The second-order valence-electron chi connectivity index (χ2n) is 5.42. The lowest BCUT2D eigenvalue weighted by Crippen LogP contribution is -2.28. The molecule has 2 aromatic rings. The highest BCUT2D eigenvalue weighted by Gasteiger charge is 2.25. The van der Waals surface area contributed by atoms with Gasteiger partial charge >= 0.3 is 0 Å². The van der Waals surface area contributed by atoms with Crippen molar-refractivity contribution in [3.8, 4) is 11.5 Å². The summed E-state index contributed by atoms with van der Waals surface area (Å²) in [4.78, 5) is 20.3. The number of amides is 1. The zero-order chi connectivity index (χ0) is 16.1. The number of hydrogen-bond donors (Lipinski definition) is 1. The molecule has 0 unspecified atom stereocenters. The molecule has 1 aromatic carbocycles. The van der Waals surface area contributed by atoms with Crippen molar-refractivity contribution in [2.45, 2.75) is 25.3 Å². The van der Waals surface area contributed by atoms with Crippen LogP contribution in [0.4, 0.5) is 0 Å². The van der Waals surface area contributed by atoms with Crippen molar-refractivity contribution in [3.63, 3.8) is 0 Å². The summed E-state index contributed by atoms with van der Waals surface area (Å²) in [5.74, 6) is 1.51. The largest absolute Gasteiger partial charge is 0.493 e. The molecule has 120 valence electrons. The number of aromatic nitrogens is 2. The SMILES string of the molecule is COc1ccccc1OCC(=O)NCc1cc(C2CC2)ncn1. The molecule has 1 fully saturated rings. The first-order valence-corrected chi connectivity index (χ1v) is 7.59. The molecule has 23 heavy (non-hydrogen) atoms. The topological polar surface area (TPSA) is 73.3 Å². The van der Waals surface area contributed by atoms with Crippen LogP contribution in [0.3, 0.4) is 0 Å². The third-order valence-electron chi connectivity index (χ3n) is 3.64. The Labute approximate surface area is 134 Å². The van der Waals surface area contributed by atoms with E-state index >= 15 is 0 Å². The fourth-order valence-electron chi connectivity index (χ4n) is 2.24. The standard InChI is InChI=1S/C17H19N3O3/c1-22-15-4-2-3-5-16(15)23-10-17(21)18-9-13-8-14(12-6-7-12)20-11-19-13/h2-5,8,11-12H,6-7,9-10H2,1H3,(H,18,21). The Morgan fingerprint density at radius 1 is 1.26 bits per heavy atom. The second kappa shape index (κ2) is 7.09. The van der Waals surface area contributed by atoms with Crippen LogP contribution in [-0.2, 0) is 11.3 Å². The lowest BCUT2D eigenvalue weighted by molar-refractivity contribution is -0.123. The number of nitrogens with zero attached hydrogens (tertiary/aromatic N) is 2. The molecule has 3 rings (SSSR count). The molecule has 1 saturated carbocycles. The molecule has 1 heterocycles. The Kier molecular flexibility index (Phi) is 4.71. The molecular weight excluding hydrogens is 294 g/mol. The summed E-state index contributed by atoms with van der Waals surface area (Å²) < 4.78 is 10.7. The summed E-state index contributed by atoms with van der Waals surface area (Å²) in [5.41, 5.74) is 1.88. The molecule has 0 atom stereocenters. The predicted octanol–water partition coefficient (Wildman–Crippen LogP) is 2.06. The van der Waals surface area contributed by atoms with Gasteiger partial charge in [0.2, 0.25) is 0 Å².